The van der Waals surface area contributed by atoms with E-state index in [-0.39, 0.29) is 11.4 Å². The van der Waals surface area contributed by atoms with Crippen LogP contribution in [0.4, 0.5) is 0 Å². The monoisotopic (exact) mass is 252 g/mol. The third-order valence-electron chi connectivity index (χ3n) is 2.68. The summed E-state index contributed by atoms with van der Waals surface area (Å²) in [7, 11) is -2.98. The van der Waals surface area contributed by atoms with E-state index in [1.54, 1.807) is 11.8 Å². The molecule has 0 aromatic heterocycles. The average molecular weight is 252 g/mol. The van der Waals surface area contributed by atoms with Crippen molar-refractivity contribution in [1.82, 2.24) is 4.90 Å². The van der Waals surface area contributed by atoms with Gasteiger partial charge in [-0.15, -0.1) is 0 Å². The number of sulfone groups is 1. The van der Waals surface area contributed by atoms with E-state index in [1.165, 1.54) is 6.26 Å². The van der Waals surface area contributed by atoms with E-state index in [0.29, 0.717) is 12.3 Å². The van der Waals surface area contributed by atoms with Crippen molar-refractivity contribution in [2.24, 2.45) is 5.73 Å². The van der Waals surface area contributed by atoms with Gasteiger partial charge < -0.3 is 5.73 Å². The zero-order valence-corrected chi connectivity index (χ0v) is 11.0. The Morgan fingerprint density at radius 2 is 2.27 bits per heavy atom. The van der Waals surface area contributed by atoms with Crippen LogP contribution in [0.25, 0.3) is 0 Å². The summed E-state index contributed by atoms with van der Waals surface area (Å²) < 4.78 is 23.1. The molecule has 1 aliphatic heterocycles. The van der Waals surface area contributed by atoms with Gasteiger partial charge in [-0.3, -0.25) is 4.90 Å². The third kappa shape index (κ3) is 3.94. The van der Waals surface area contributed by atoms with Gasteiger partial charge in [0, 0.05) is 36.9 Å². The molecule has 15 heavy (non-hydrogen) atoms. The molecule has 2 unspecified atom stereocenters. The molecule has 2 atom stereocenters. The quantitative estimate of drug-likeness (QED) is 0.771. The van der Waals surface area contributed by atoms with Crippen LogP contribution in [-0.4, -0.2) is 55.6 Å². The normalized spacial score (nSPS) is 26.5. The van der Waals surface area contributed by atoms with Crippen LogP contribution in [0, 0.1) is 0 Å². The van der Waals surface area contributed by atoms with Crippen molar-refractivity contribution in [3.63, 3.8) is 0 Å². The smallest absolute Gasteiger partial charge is 0.164 e. The van der Waals surface area contributed by atoms with Crippen molar-refractivity contribution in [3.05, 3.63) is 0 Å². The highest BCUT2D eigenvalue weighted by Crippen LogP contribution is 2.20. The SMILES string of the molecule is CCC(N)CN1CCSCC1S(C)(=O)=O. The number of nitrogens with two attached hydrogens (primary N) is 1. The zero-order chi connectivity index (χ0) is 11.5. The van der Waals surface area contributed by atoms with Crippen LogP contribution in [0.2, 0.25) is 0 Å². The maximum atomic E-state index is 11.6. The number of nitrogens with zero attached hydrogens (tertiary/aromatic N) is 1. The van der Waals surface area contributed by atoms with E-state index >= 15 is 0 Å². The summed E-state index contributed by atoms with van der Waals surface area (Å²) in [5.74, 6) is 1.68. The molecule has 1 aliphatic rings. The molecule has 0 aromatic carbocycles. The summed E-state index contributed by atoms with van der Waals surface area (Å²) in [5.41, 5.74) is 5.87. The fraction of sp³-hybridized carbons (Fsp3) is 1.00. The van der Waals surface area contributed by atoms with Gasteiger partial charge in [-0.05, 0) is 6.42 Å². The van der Waals surface area contributed by atoms with Crippen molar-refractivity contribution in [3.8, 4) is 0 Å². The highest BCUT2D eigenvalue weighted by Gasteiger charge is 2.31. The average Bonchev–Trinajstić information content (AvgIpc) is 2.17. The predicted octanol–water partition coefficient (Wildman–Crippen LogP) is 0.143. The Kier molecular flexibility index (Phi) is 4.89. The van der Waals surface area contributed by atoms with Crippen LogP contribution < -0.4 is 5.73 Å². The van der Waals surface area contributed by atoms with Crippen molar-refractivity contribution in [2.45, 2.75) is 24.8 Å². The molecule has 0 saturated carbocycles. The lowest BCUT2D eigenvalue weighted by molar-refractivity contribution is 0.251. The van der Waals surface area contributed by atoms with Gasteiger partial charge in [-0.2, -0.15) is 11.8 Å². The van der Waals surface area contributed by atoms with Crippen LogP contribution in [-0.2, 0) is 9.84 Å². The van der Waals surface area contributed by atoms with Crippen LogP contribution in [0.3, 0.4) is 0 Å². The third-order valence-corrected chi connectivity index (χ3v) is 5.37. The van der Waals surface area contributed by atoms with Gasteiger partial charge in [-0.25, -0.2) is 8.42 Å². The molecule has 0 amide bonds. The van der Waals surface area contributed by atoms with Crippen LogP contribution in [0.5, 0.6) is 0 Å². The first-order valence-electron chi connectivity index (χ1n) is 5.21. The Morgan fingerprint density at radius 3 is 2.80 bits per heavy atom. The van der Waals surface area contributed by atoms with Gasteiger partial charge in [0.1, 0.15) is 5.37 Å². The lowest BCUT2D eigenvalue weighted by Gasteiger charge is -2.35. The lowest BCUT2D eigenvalue weighted by Crippen LogP contribution is -2.51. The van der Waals surface area contributed by atoms with Crippen LogP contribution in [0.1, 0.15) is 13.3 Å². The molecule has 90 valence electrons. The van der Waals surface area contributed by atoms with E-state index in [2.05, 4.69) is 0 Å². The maximum Gasteiger partial charge on any atom is 0.164 e. The van der Waals surface area contributed by atoms with Gasteiger partial charge in [0.15, 0.2) is 9.84 Å². The molecule has 1 heterocycles. The van der Waals surface area contributed by atoms with E-state index in [1.807, 2.05) is 11.8 Å². The first kappa shape index (κ1) is 13.3. The van der Waals surface area contributed by atoms with Crippen LogP contribution >= 0.6 is 11.8 Å². The van der Waals surface area contributed by atoms with E-state index in [9.17, 15) is 8.42 Å². The molecule has 1 rings (SSSR count). The highest BCUT2D eigenvalue weighted by atomic mass is 32.2. The van der Waals surface area contributed by atoms with Crippen molar-refractivity contribution >= 4 is 21.6 Å². The number of rotatable bonds is 4. The minimum atomic E-state index is -2.98. The molecule has 6 heteroatoms. The van der Waals surface area contributed by atoms with E-state index in [0.717, 1.165) is 18.7 Å². The molecule has 0 spiro atoms. The van der Waals surface area contributed by atoms with Gasteiger partial charge in [0.05, 0.1) is 0 Å². The molecule has 0 bridgehead atoms. The standard InChI is InChI=1S/C9H20N2O2S2/c1-3-8(10)6-11-4-5-14-7-9(11)15(2,12)13/h8-9H,3-7,10H2,1-2H3. The maximum absolute atomic E-state index is 11.6. The molecule has 1 saturated heterocycles. The predicted molar refractivity (Wildman–Crippen MR) is 65.8 cm³/mol. The lowest BCUT2D eigenvalue weighted by atomic mass is 10.2. The van der Waals surface area contributed by atoms with E-state index < -0.39 is 9.84 Å². The number of hydrogen-bond donors (Lipinski definition) is 1. The largest absolute Gasteiger partial charge is 0.327 e. The minimum Gasteiger partial charge on any atom is -0.327 e. The topological polar surface area (TPSA) is 63.4 Å². The van der Waals surface area contributed by atoms with Gasteiger partial charge in [-0.1, -0.05) is 6.92 Å². The van der Waals surface area contributed by atoms with E-state index in [4.69, 9.17) is 5.73 Å². The molecule has 2 N–H and O–H groups in total. The minimum absolute atomic E-state index is 0.0809. The zero-order valence-electron chi connectivity index (χ0n) is 9.35. The summed E-state index contributed by atoms with van der Waals surface area (Å²) in [6.45, 7) is 3.55. The molecule has 0 radical (unpaired) electrons. The number of hydrogen-bond acceptors (Lipinski definition) is 5. The molecule has 4 nitrogen and oxygen atoms in total. The fourth-order valence-electron chi connectivity index (χ4n) is 1.65. The summed E-state index contributed by atoms with van der Waals surface area (Å²) in [6, 6.07) is 0.0809. The highest BCUT2D eigenvalue weighted by molar-refractivity contribution is 8.00. The van der Waals surface area contributed by atoms with Crippen molar-refractivity contribution in [1.29, 1.82) is 0 Å². The Balaban J connectivity index is 2.66. The van der Waals surface area contributed by atoms with Gasteiger partial charge in [0.25, 0.3) is 0 Å². The summed E-state index contributed by atoms with van der Waals surface area (Å²) >= 11 is 1.71. The number of thioether (sulfide) groups is 1. The second kappa shape index (κ2) is 5.52. The summed E-state index contributed by atoms with van der Waals surface area (Å²) in [5, 5.41) is -0.339. The molecule has 0 aliphatic carbocycles. The second-order valence-corrected chi connectivity index (χ2v) is 7.38. The Hall–Kier alpha value is 0.220. The van der Waals surface area contributed by atoms with Crippen molar-refractivity contribution < 1.29 is 8.42 Å². The summed E-state index contributed by atoms with van der Waals surface area (Å²) in [4.78, 5) is 2.01. The molecular formula is C9H20N2O2S2. The molecule has 0 aromatic rings. The second-order valence-electron chi connectivity index (χ2n) is 4.02. The van der Waals surface area contributed by atoms with Crippen LogP contribution in [0.15, 0.2) is 0 Å². The Bertz CT molecular complexity index is 292. The fourth-order valence-corrected chi connectivity index (χ4v) is 4.60. The Labute approximate surface area is 96.5 Å². The van der Waals surface area contributed by atoms with Crippen molar-refractivity contribution in [2.75, 3.05) is 30.9 Å². The molecular weight excluding hydrogens is 232 g/mol. The summed E-state index contributed by atoms with van der Waals surface area (Å²) in [6.07, 6.45) is 2.20. The molecule has 1 fully saturated rings. The van der Waals surface area contributed by atoms with Gasteiger partial charge >= 0.3 is 0 Å². The first-order chi connectivity index (χ1) is 6.95. The van der Waals surface area contributed by atoms with Gasteiger partial charge in [0.2, 0.25) is 0 Å². The first-order valence-corrected chi connectivity index (χ1v) is 8.32. The Morgan fingerprint density at radius 1 is 1.60 bits per heavy atom.